The number of benzene rings is 1. The molecular weight excluding hydrogens is 426 g/mol. The van der Waals surface area contributed by atoms with Crippen LogP contribution in [0.25, 0.3) is 0 Å². The highest BCUT2D eigenvalue weighted by Crippen LogP contribution is 2.27. The predicted molar refractivity (Wildman–Crippen MR) is 124 cm³/mol. The van der Waals surface area contributed by atoms with E-state index >= 15 is 0 Å². The highest BCUT2D eigenvalue weighted by atomic mass is 32.2. The van der Waals surface area contributed by atoms with Crippen LogP contribution < -0.4 is 4.90 Å². The van der Waals surface area contributed by atoms with Crippen molar-refractivity contribution in [1.82, 2.24) is 19.0 Å². The summed E-state index contributed by atoms with van der Waals surface area (Å²) in [7, 11) is -2.21. The largest absolute Gasteiger partial charge is 0.369 e. The van der Waals surface area contributed by atoms with Crippen LogP contribution in [-0.2, 0) is 17.1 Å². The molecule has 3 heterocycles. The van der Waals surface area contributed by atoms with Gasteiger partial charge in [-0.05, 0) is 49.8 Å². The molecule has 9 heteroatoms. The van der Waals surface area contributed by atoms with Crippen LogP contribution in [0, 0.1) is 19.8 Å². The van der Waals surface area contributed by atoms with E-state index in [1.807, 2.05) is 0 Å². The number of aryl methyl sites for hydroxylation is 3. The first-order valence-electron chi connectivity index (χ1n) is 11.3. The first-order valence-corrected chi connectivity index (χ1v) is 12.8. The van der Waals surface area contributed by atoms with Crippen LogP contribution in [-0.4, -0.2) is 72.6 Å². The molecule has 0 aliphatic carbocycles. The molecular formula is C23H33N5O3S. The van der Waals surface area contributed by atoms with Gasteiger partial charge in [-0.15, -0.1) is 0 Å². The van der Waals surface area contributed by atoms with Gasteiger partial charge in [0.2, 0.25) is 5.03 Å². The minimum Gasteiger partial charge on any atom is -0.369 e. The van der Waals surface area contributed by atoms with Crippen LogP contribution >= 0.6 is 0 Å². The molecule has 4 rings (SSSR count). The highest BCUT2D eigenvalue weighted by Gasteiger charge is 2.36. The van der Waals surface area contributed by atoms with E-state index in [2.05, 4.69) is 49.0 Å². The van der Waals surface area contributed by atoms with Crippen LogP contribution in [0.15, 0.2) is 29.4 Å². The number of nitrogens with zero attached hydrogens (tertiary/aromatic N) is 5. The van der Waals surface area contributed by atoms with Gasteiger partial charge in [0.05, 0.1) is 5.56 Å². The number of aromatic nitrogens is 2. The molecule has 1 atom stereocenters. The summed E-state index contributed by atoms with van der Waals surface area (Å²) in [5, 5.41) is 4.10. The molecule has 1 unspecified atom stereocenters. The summed E-state index contributed by atoms with van der Waals surface area (Å²) in [5.41, 5.74) is 3.69. The monoisotopic (exact) mass is 459 g/mol. The zero-order valence-electron chi connectivity index (χ0n) is 19.4. The van der Waals surface area contributed by atoms with Gasteiger partial charge in [-0.25, -0.2) is 8.42 Å². The molecule has 0 N–H and O–H groups in total. The molecule has 2 aliphatic rings. The van der Waals surface area contributed by atoms with Crippen LogP contribution in [0.5, 0.6) is 0 Å². The number of hydrogen-bond donors (Lipinski definition) is 0. The maximum atomic E-state index is 13.5. The molecule has 0 radical (unpaired) electrons. The lowest BCUT2D eigenvalue weighted by atomic mass is 10.00. The third-order valence-electron chi connectivity index (χ3n) is 6.50. The number of anilines is 1. The Bertz CT molecular complexity index is 1100. The fourth-order valence-electron chi connectivity index (χ4n) is 4.70. The van der Waals surface area contributed by atoms with Gasteiger partial charge in [0, 0.05) is 58.2 Å². The quantitative estimate of drug-likeness (QED) is 0.702. The van der Waals surface area contributed by atoms with Crippen LogP contribution in [0.1, 0.15) is 41.3 Å². The number of likely N-dealkylation sites (tertiary alicyclic amines) is 1. The second-order valence-corrected chi connectivity index (χ2v) is 11.1. The van der Waals surface area contributed by atoms with E-state index in [-0.39, 0.29) is 16.5 Å². The van der Waals surface area contributed by atoms with Crippen molar-refractivity contribution in [2.75, 3.05) is 44.2 Å². The van der Waals surface area contributed by atoms with Crippen molar-refractivity contribution in [3.8, 4) is 0 Å². The van der Waals surface area contributed by atoms with Gasteiger partial charge in [0.25, 0.3) is 15.9 Å². The Morgan fingerprint density at radius 3 is 2.50 bits per heavy atom. The Kier molecular flexibility index (Phi) is 6.31. The number of carbonyl (C=O) groups is 1. The van der Waals surface area contributed by atoms with Crippen LogP contribution in [0.2, 0.25) is 0 Å². The van der Waals surface area contributed by atoms with Gasteiger partial charge in [-0.2, -0.15) is 9.40 Å². The van der Waals surface area contributed by atoms with E-state index in [4.69, 9.17) is 0 Å². The Hall–Kier alpha value is -2.39. The molecule has 0 bridgehead atoms. The summed E-state index contributed by atoms with van der Waals surface area (Å²) >= 11 is 0. The molecule has 8 nitrogen and oxygen atoms in total. The Morgan fingerprint density at radius 2 is 1.81 bits per heavy atom. The number of piperazine rings is 1. The minimum atomic E-state index is -3.87. The predicted octanol–water partition coefficient (Wildman–Crippen LogP) is 2.42. The second-order valence-electron chi connectivity index (χ2n) is 9.20. The Labute approximate surface area is 190 Å². The van der Waals surface area contributed by atoms with Gasteiger partial charge in [0.1, 0.15) is 0 Å². The van der Waals surface area contributed by atoms with Crippen molar-refractivity contribution in [3.63, 3.8) is 0 Å². The fourth-order valence-corrected chi connectivity index (χ4v) is 6.24. The molecule has 2 saturated heterocycles. The lowest BCUT2D eigenvalue weighted by Gasteiger charge is -2.36. The summed E-state index contributed by atoms with van der Waals surface area (Å²) in [6.07, 6.45) is 3.57. The van der Waals surface area contributed by atoms with Crippen molar-refractivity contribution in [2.45, 2.75) is 38.6 Å². The highest BCUT2D eigenvalue weighted by molar-refractivity contribution is 7.89. The molecule has 1 aromatic heterocycles. The average molecular weight is 460 g/mol. The number of hydrogen-bond acceptors (Lipinski definition) is 5. The smallest absolute Gasteiger partial charge is 0.263 e. The van der Waals surface area contributed by atoms with Gasteiger partial charge in [-0.1, -0.05) is 19.1 Å². The Morgan fingerprint density at radius 1 is 1.09 bits per heavy atom. The molecule has 0 spiro atoms. The van der Waals surface area contributed by atoms with Crippen molar-refractivity contribution in [3.05, 3.63) is 41.1 Å². The van der Waals surface area contributed by atoms with E-state index in [0.717, 1.165) is 18.5 Å². The standard InChI is InChI=1S/C23H33N5O3S/c1-17-7-8-19(3)21(14-17)26-10-12-28(13-11-26)32(30,31)22-20(16-25(4)24-22)23(29)27-9-5-6-18(2)15-27/h7-8,14,16,18H,5-6,9-13,15H2,1-4H3. The van der Waals surface area contributed by atoms with Gasteiger partial charge in [-0.3, -0.25) is 9.48 Å². The third kappa shape index (κ3) is 4.41. The second kappa shape index (κ2) is 8.86. The molecule has 2 aromatic rings. The lowest BCUT2D eigenvalue weighted by molar-refractivity contribution is 0.0679. The van der Waals surface area contributed by atoms with E-state index in [9.17, 15) is 13.2 Å². The number of sulfonamides is 1. The number of carbonyl (C=O) groups excluding carboxylic acids is 1. The zero-order chi connectivity index (χ0) is 23.0. The van der Waals surface area contributed by atoms with Crippen molar-refractivity contribution in [1.29, 1.82) is 0 Å². The molecule has 174 valence electrons. The number of amides is 1. The summed E-state index contributed by atoms with van der Waals surface area (Å²) in [6.45, 7) is 9.49. The minimum absolute atomic E-state index is 0.122. The van der Waals surface area contributed by atoms with Crippen molar-refractivity contribution < 1.29 is 13.2 Å². The lowest BCUT2D eigenvalue weighted by Crippen LogP contribution is -2.49. The van der Waals surface area contributed by atoms with Gasteiger partial charge >= 0.3 is 0 Å². The molecule has 32 heavy (non-hydrogen) atoms. The first kappa shape index (κ1) is 22.8. The summed E-state index contributed by atoms with van der Waals surface area (Å²) in [6, 6.07) is 6.33. The van der Waals surface area contributed by atoms with E-state index in [1.165, 1.54) is 20.1 Å². The number of piperidine rings is 1. The third-order valence-corrected chi connectivity index (χ3v) is 8.33. The van der Waals surface area contributed by atoms with E-state index in [1.54, 1.807) is 18.1 Å². The van der Waals surface area contributed by atoms with Gasteiger partial charge in [0.15, 0.2) is 0 Å². The average Bonchev–Trinajstić information content (AvgIpc) is 3.17. The van der Waals surface area contributed by atoms with Crippen molar-refractivity contribution in [2.24, 2.45) is 13.0 Å². The fraction of sp³-hybridized carbons (Fsp3) is 0.565. The molecule has 0 saturated carbocycles. The summed E-state index contributed by atoms with van der Waals surface area (Å²) < 4.78 is 29.9. The number of rotatable bonds is 4. The van der Waals surface area contributed by atoms with Crippen LogP contribution in [0.3, 0.4) is 0 Å². The topological polar surface area (TPSA) is 78.8 Å². The Balaban J connectivity index is 1.53. The van der Waals surface area contributed by atoms with Crippen LogP contribution in [0.4, 0.5) is 5.69 Å². The normalized spacial score (nSPS) is 20.6. The molecule has 1 amide bonds. The van der Waals surface area contributed by atoms with Gasteiger partial charge < -0.3 is 9.80 Å². The summed E-state index contributed by atoms with van der Waals surface area (Å²) in [4.78, 5) is 17.2. The first-order chi connectivity index (χ1) is 15.2. The maximum absolute atomic E-state index is 13.5. The molecule has 2 aliphatic heterocycles. The summed E-state index contributed by atoms with van der Waals surface area (Å²) in [5.74, 6) is 0.180. The molecule has 1 aromatic carbocycles. The zero-order valence-corrected chi connectivity index (χ0v) is 20.2. The van der Waals surface area contributed by atoms with Crippen molar-refractivity contribution >= 4 is 21.6 Å². The maximum Gasteiger partial charge on any atom is 0.263 e. The molecule has 2 fully saturated rings. The van der Waals surface area contributed by atoms with E-state index < -0.39 is 10.0 Å². The SMILES string of the molecule is Cc1ccc(C)c(N2CCN(S(=O)(=O)c3nn(C)cc3C(=O)N3CCCC(C)C3)CC2)c1. The van der Waals surface area contributed by atoms with E-state index in [0.29, 0.717) is 45.2 Å².